The van der Waals surface area contributed by atoms with Gasteiger partial charge in [-0.3, -0.25) is 0 Å². The molecular weight excluding hydrogens is 240 g/mol. The summed E-state index contributed by atoms with van der Waals surface area (Å²) >= 11 is 1.89. The Bertz CT molecular complexity index is 366. The van der Waals surface area contributed by atoms with Gasteiger partial charge >= 0.3 is 0 Å². The molecule has 0 amide bonds. The van der Waals surface area contributed by atoms with Gasteiger partial charge in [0.15, 0.2) is 0 Å². The van der Waals surface area contributed by atoms with E-state index in [4.69, 9.17) is 0 Å². The summed E-state index contributed by atoms with van der Waals surface area (Å²) in [6, 6.07) is 5.70. The van der Waals surface area contributed by atoms with Crippen LogP contribution in [0, 0.1) is 11.8 Å². The summed E-state index contributed by atoms with van der Waals surface area (Å²) in [5.74, 6) is 1.58. The fraction of sp³-hybridized carbons (Fsp3) is 0.733. The maximum absolute atomic E-state index is 3.96. The van der Waals surface area contributed by atoms with E-state index in [1.54, 1.807) is 0 Å². The molecule has 0 aromatic carbocycles. The number of hydrogen-bond acceptors (Lipinski definition) is 3. The Morgan fingerprint density at radius 1 is 1.33 bits per heavy atom. The zero-order valence-corrected chi connectivity index (χ0v) is 12.2. The van der Waals surface area contributed by atoms with E-state index in [-0.39, 0.29) is 0 Å². The Kier molecular flexibility index (Phi) is 3.73. The van der Waals surface area contributed by atoms with Crippen LogP contribution in [-0.4, -0.2) is 30.6 Å². The van der Waals surface area contributed by atoms with Crippen molar-refractivity contribution in [1.82, 2.24) is 10.2 Å². The molecule has 100 valence electrons. The predicted octanol–water partition coefficient (Wildman–Crippen LogP) is 3.13. The lowest BCUT2D eigenvalue weighted by molar-refractivity contribution is 0.0638. The second-order valence-electron chi connectivity index (χ2n) is 6.15. The van der Waals surface area contributed by atoms with Crippen LogP contribution in [0.25, 0.3) is 0 Å². The average Bonchev–Trinajstić information content (AvgIpc) is 2.90. The zero-order chi connectivity index (χ0) is 12.5. The second kappa shape index (κ2) is 5.32. The largest absolute Gasteiger partial charge is 0.305 e. The molecule has 2 nitrogen and oxygen atoms in total. The van der Waals surface area contributed by atoms with Gasteiger partial charge in [-0.25, -0.2) is 0 Å². The molecule has 1 N–H and O–H groups in total. The number of thiophene rings is 1. The van der Waals surface area contributed by atoms with Crippen LogP contribution in [0.2, 0.25) is 0 Å². The van der Waals surface area contributed by atoms with Gasteiger partial charge in [-0.05, 0) is 49.2 Å². The molecule has 2 atom stereocenters. The molecule has 3 aliphatic heterocycles. The Hall–Kier alpha value is -0.380. The van der Waals surface area contributed by atoms with Crippen molar-refractivity contribution in [3.8, 4) is 0 Å². The molecule has 1 aromatic heterocycles. The van der Waals surface area contributed by atoms with Crippen LogP contribution in [-0.2, 0) is 0 Å². The maximum Gasteiger partial charge on any atom is 0.0440 e. The van der Waals surface area contributed by atoms with E-state index in [1.165, 1.54) is 37.4 Å². The summed E-state index contributed by atoms with van der Waals surface area (Å²) in [6.45, 7) is 8.58. The van der Waals surface area contributed by atoms with E-state index in [1.807, 2.05) is 11.3 Å². The molecule has 0 spiro atoms. The van der Waals surface area contributed by atoms with E-state index in [2.05, 4.69) is 41.6 Å². The van der Waals surface area contributed by atoms with Gasteiger partial charge in [0.1, 0.15) is 0 Å². The Balaban J connectivity index is 1.70. The molecule has 0 saturated carbocycles. The predicted molar refractivity (Wildman–Crippen MR) is 78.0 cm³/mol. The molecule has 4 heterocycles. The summed E-state index contributed by atoms with van der Waals surface area (Å²) in [5, 5.41) is 6.16. The van der Waals surface area contributed by atoms with Crippen molar-refractivity contribution in [2.75, 3.05) is 19.6 Å². The van der Waals surface area contributed by atoms with Gasteiger partial charge in [-0.1, -0.05) is 19.9 Å². The van der Waals surface area contributed by atoms with E-state index in [0.29, 0.717) is 18.0 Å². The summed E-state index contributed by atoms with van der Waals surface area (Å²) in [4.78, 5) is 4.13. The minimum absolute atomic E-state index is 0.538. The van der Waals surface area contributed by atoms with Gasteiger partial charge in [0.2, 0.25) is 0 Å². The van der Waals surface area contributed by atoms with Gasteiger partial charge < -0.3 is 10.2 Å². The summed E-state index contributed by atoms with van der Waals surface area (Å²) in [5.41, 5.74) is 0. The highest BCUT2D eigenvalue weighted by atomic mass is 32.1. The molecule has 2 unspecified atom stereocenters. The van der Waals surface area contributed by atoms with Crippen molar-refractivity contribution in [2.45, 2.75) is 38.8 Å². The van der Waals surface area contributed by atoms with Gasteiger partial charge in [0, 0.05) is 23.5 Å². The second-order valence-corrected chi connectivity index (χ2v) is 7.13. The van der Waals surface area contributed by atoms with Crippen molar-refractivity contribution in [3.63, 3.8) is 0 Å². The van der Waals surface area contributed by atoms with E-state index >= 15 is 0 Å². The topological polar surface area (TPSA) is 15.3 Å². The Morgan fingerprint density at radius 3 is 2.61 bits per heavy atom. The number of fused-ring (bicyclic) bond motifs is 3. The molecule has 3 fully saturated rings. The first-order valence-corrected chi connectivity index (χ1v) is 8.14. The standard InChI is InChI=1S/C15H24N2S/c1-11(2)15(14-4-3-9-18-14)16-13-10-17-7-5-12(13)6-8-17/h3-4,9,11-13,15-16H,5-8,10H2,1-2H3. The molecule has 3 heteroatoms. The van der Waals surface area contributed by atoms with E-state index < -0.39 is 0 Å². The van der Waals surface area contributed by atoms with Crippen LogP contribution in [0.5, 0.6) is 0 Å². The highest BCUT2D eigenvalue weighted by Crippen LogP contribution is 2.32. The lowest BCUT2D eigenvalue weighted by Gasteiger charge is -2.46. The maximum atomic E-state index is 3.96. The lowest BCUT2D eigenvalue weighted by Crippen LogP contribution is -2.57. The van der Waals surface area contributed by atoms with Gasteiger partial charge in [0.25, 0.3) is 0 Å². The van der Waals surface area contributed by atoms with Crippen molar-refractivity contribution in [2.24, 2.45) is 11.8 Å². The van der Waals surface area contributed by atoms with E-state index in [0.717, 1.165) is 5.92 Å². The van der Waals surface area contributed by atoms with Crippen molar-refractivity contribution < 1.29 is 0 Å². The molecule has 1 aromatic rings. The van der Waals surface area contributed by atoms with Gasteiger partial charge in [-0.15, -0.1) is 11.3 Å². The normalized spacial score (nSPS) is 32.9. The van der Waals surface area contributed by atoms with Crippen LogP contribution in [0.4, 0.5) is 0 Å². The van der Waals surface area contributed by atoms with Crippen LogP contribution in [0.15, 0.2) is 17.5 Å². The number of nitrogens with zero attached hydrogens (tertiary/aromatic N) is 1. The van der Waals surface area contributed by atoms with Gasteiger partial charge in [0.05, 0.1) is 0 Å². The summed E-state index contributed by atoms with van der Waals surface area (Å²) in [6.07, 6.45) is 2.79. The fourth-order valence-electron chi connectivity index (χ4n) is 3.46. The van der Waals surface area contributed by atoms with Crippen LogP contribution < -0.4 is 5.32 Å². The smallest absolute Gasteiger partial charge is 0.0440 e. The lowest BCUT2D eigenvalue weighted by atomic mass is 9.83. The number of hydrogen-bond donors (Lipinski definition) is 1. The molecule has 0 radical (unpaired) electrons. The highest BCUT2D eigenvalue weighted by molar-refractivity contribution is 7.10. The molecule has 4 rings (SSSR count). The fourth-order valence-corrected chi connectivity index (χ4v) is 4.41. The first-order valence-electron chi connectivity index (χ1n) is 7.26. The molecular formula is C15H24N2S. The Labute approximate surface area is 114 Å². The quantitative estimate of drug-likeness (QED) is 0.899. The highest BCUT2D eigenvalue weighted by Gasteiger charge is 2.35. The zero-order valence-electron chi connectivity index (χ0n) is 11.4. The van der Waals surface area contributed by atoms with Crippen LogP contribution >= 0.6 is 11.3 Å². The summed E-state index contributed by atoms with van der Waals surface area (Å²) in [7, 11) is 0. The van der Waals surface area contributed by atoms with Crippen molar-refractivity contribution in [3.05, 3.63) is 22.4 Å². The monoisotopic (exact) mass is 264 g/mol. The minimum Gasteiger partial charge on any atom is -0.305 e. The molecule has 2 bridgehead atoms. The third kappa shape index (κ3) is 2.49. The summed E-state index contributed by atoms with van der Waals surface area (Å²) < 4.78 is 0. The third-order valence-electron chi connectivity index (χ3n) is 4.57. The Morgan fingerprint density at radius 2 is 2.11 bits per heavy atom. The average molecular weight is 264 g/mol. The first kappa shape index (κ1) is 12.6. The van der Waals surface area contributed by atoms with Crippen LogP contribution in [0.1, 0.15) is 37.6 Å². The first-order chi connectivity index (χ1) is 8.74. The minimum atomic E-state index is 0.538. The molecule has 3 saturated heterocycles. The van der Waals surface area contributed by atoms with Crippen molar-refractivity contribution in [1.29, 1.82) is 0 Å². The SMILES string of the molecule is CC(C)C(NC1CN2CCC1CC2)c1cccs1. The third-order valence-corrected chi connectivity index (χ3v) is 5.52. The molecule has 18 heavy (non-hydrogen) atoms. The number of piperidine rings is 3. The molecule has 3 aliphatic rings. The molecule has 0 aliphatic carbocycles. The van der Waals surface area contributed by atoms with Crippen LogP contribution in [0.3, 0.4) is 0 Å². The van der Waals surface area contributed by atoms with Crippen molar-refractivity contribution >= 4 is 11.3 Å². The van der Waals surface area contributed by atoms with E-state index in [9.17, 15) is 0 Å². The van der Waals surface area contributed by atoms with Gasteiger partial charge in [-0.2, -0.15) is 0 Å². The number of rotatable bonds is 4. The number of nitrogens with one attached hydrogen (secondary N) is 1.